The Balaban J connectivity index is 1.54. The van der Waals surface area contributed by atoms with E-state index in [4.69, 9.17) is 9.47 Å². The fourth-order valence-corrected chi connectivity index (χ4v) is 4.23. The first-order valence-electron chi connectivity index (χ1n) is 10.9. The Morgan fingerprint density at radius 3 is 2.65 bits per heavy atom. The van der Waals surface area contributed by atoms with Crippen LogP contribution in [0.2, 0.25) is 0 Å². The smallest absolute Gasteiger partial charge is 0.455 e. The number of amides is 2. The van der Waals surface area contributed by atoms with Crippen LogP contribution in [-0.2, 0) is 14.3 Å². The van der Waals surface area contributed by atoms with Crippen molar-refractivity contribution in [3.05, 3.63) is 59.9 Å². The van der Waals surface area contributed by atoms with Crippen LogP contribution < -0.4 is 10.1 Å². The lowest BCUT2D eigenvalue weighted by Gasteiger charge is -2.27. The molecule has 2 aliphatic carbocycles. The zero-order chi connectivity index (χ0) is 21.8. The van der Waals surface area contributed by atoms with Crippen LogP contribution in [0, 0.1) is 5.92 Å². The normalized spacial score (nSPS) is 26.5. The number of methoxy groups -OCH3 is 1. The number of carbonyl (C=O) groups is 2. The molecule has 4 rings (SSSR count). The molecule has 0 aromatic heterocycles. The summed E-state index contributed by atoms with van der Waals surface area (Å²) in [6.45, 7) is 2.24. The molecule has 6 nitrogen and oxygen atoms in total. The van der Waals surface area contributed by atoms with E-state index in [0.717, 1.165) is 42.9 Å². The average Bonchev–Trinajstić information content (AvgIpc) is 2.78. The molecule has 3 aliphatic rings. The van der Waals surface area contributed by atoms with Crippen molar-refractivity contribution in [2.75, 3.05) is 13.7 Å². The molecule has 0 radical (unpaired) electrons. The maximum absolute atomic E-state index is 13.2. The van der Waals surface area contributed by atoms with Crippen LogP contribution in [0.15, 0.2) is 54.3 Å². The maximum Gasteiger partial charge on any atom is 0.455 e. The second-order valence-corrected chi connectivity index (χ2v) is 8.40. The minimum absolute atomic E-state index is 0.0157. The van der Waals surface area contributed by atoms with Gasteiger partial charge in [0.1, 0.15) is 5.75 Å². The lowest BCUT2D eigenvalue weighted by molar-refractivity contribution is -0.443. The molecule has 0 spiro atoms. The molecule has 1 aromatic carbocycles. The van der Waals surface area contributed by atoms with Gasteiger partial charge in [-0.3, -0.25) is 4.79 Å². The largest absolute Gasteiger partial charge is 0.497 e. The molecule has 1 fully saturated rings. The third-order valence-corrected chi connectivity index (χ3v) is 6.07. The highest BCUT2D eigenvalue weighted by atomic mass is 16.5. The van der Waals surface area contributed by atoms with Gasteiger partial charge in [0.25, 0.3) is 5.91 Å². The summed E-state index contributed by atoms with van der Waals surface area (Å²) in [5.41, 5.74) is 1.51. The molecule has 1 unspecified atom stereocenters. The number of nitrogens with one attached hydrogen (secondary N) is 1. The highest BCUT2D eigenvalue weighted by molar-refractivity contribution is 6.06. The molecule has 2 amide bonds. The zero-order valence-corrected chi connectivity index (χ0v) is 18.0. The van der Waals surface area contributed by atoms with Crippen LogP contribution in [0.25, 0.3) is 6.08 Å². The minimum Gasteiger partial charge on any atom is -0.497 e. The number of nitrogens with zero attached hydrogens (tertiary/aromatic N) is 1. The standard InChI is InChI=1S/C25H28N2O4/c1-17-7-11-19(12-8-17)26-24(28)16-27-21-5-3-4-6-22(21)31-23(25(27)29)15-18-9-13-20(30-2)14-10-18/h3-6,9-10,13-15,17,19,22H,7-8,11-12,16H2,1-2H3/p+1/b23-15-. The lowest BCUT2D eigenvalue weighted by atomic mass is 9.87. The SMILES string of the molecule is COc1ccc(/C=C2\OC3C=CC=CC3=[N+](CC(=O)NC3CCC(C)CC3)C2=O)cc1. The van der Waals surface area contributed by atoms with Crippen molar-refractivity contribution in [1.29, 1.82) is 0 Å². The van der Waals surface area contributed by atoms with Gasteiger partial charge in [0.05, 0.1) is 7.11 Å². The lowest BCUT2D eigenvalue weighted by Crippen LogP contribution is -2.48. The Hall–Kier alpha value is -3.15. The van der Waals surface area contributed by atoms with E-state index < -0.39 is 6.10 Å². The molecule has 6 heteroatoms. The van der Waals surface area contributed by atoms with Gasteiger partial charge in [-0.1, -0.05) is 31.2 Å². The number of allylic oxidation sites excluding steroid dienone is 2. The summed E-state index contributed by atoms with van der Waals surface area (Å²) < 4.78 is 12.7. The number of hydrogen-bond acceptors (Lipinski definition) is 4. The number of fused-ring (bicyclic) bond motifs is 1. The topological polar surface area (TPSA) is 67.6 Å². The maximum atomic E-state index is 13.2. The van der Waals surface area contributed by atoms with Crippen LogP contribution >= 0.6 is 0 Å². The summed E-state index contributed by atoms with van der Waals surface area (Å²) in [5, 5.41) is 3.12. The second kappa shape index (κ2) is 9.33. The van der Waals surface area contributed by atoms with Crippen molar-refractivity contribution in [3.63, 3.8) is 0 Å². The fraction of sp³-hybridized carbons (Fsp3) is 0.400. The van der Waals surface area contributed by atoms with E-state index in [0.29, 0.717) is 5.71 Å². The molecule has 1 aromatic rings. The third-order valence-electron chi connectivity index (χ3n) is 6.07. The summed E-state index contributed by atoms with van der Waals surface area (Å²) in [6.07, 6.45) is 13.0. The first-order valence-corrected chi connectivity index (χ1v) is 10.9. The van der Waals surface area contributed by atoms with Gasteiger partial charge in [-0.2, -0.15) is 0 Å². The summed E-state index contributed by atoms with van der Waals surface area (Å²) in [7, 11) is 1.61. The second-order valence-electron chi connectivity index (χ2n) is 8.40. The quantitative estimate of drug-likeness (QED) is 0.586. The Morgan fingerprint density at radius 2 is 1.94 bits per heavy atom. The molecule has 1 N–H and O–H groups in total. The number of ether oxygens (including phenoxy) is 2. The predicted molar refractivity (Wildman–Crippen MR) is 119 cm³/mol. The van der Waals surface area contributed by atoms with Crippen molar-refractivity contribution in [2.24, 2.45) is 5.92 Å². The fourth-order valence-electron chi connectivity index (χ4n) is 4.23. The minimum atomic E-state index is -0.393. The number of benzene rings is 1. The Labute approximate surface area is 182 Å². The number of hydrogen-bond donors (Lipinski definition) is 1. The van der Waals surface area contributed by atoms with Crippen LogP contribution in [0.5, 0.6) is 5.75 Å². The first kappa shape index (κ1) is 21.1. The van der Waals surface area contributed by atoms with Gasteiger partial charge >= 0.3 is 5.91 Å². The van der Waals surface area contributed by atoms with E-state index in [1.54, 1.807) is 13.2 Å². The highest BCUT2D eigenvalue weighted by Gasteiger charge is 2.40. The van der Waals surface area contributed by atoms with E-state index in [9.17, 15) is 9.59 Å². The Morgan fingerprint density at radius 1 is 1.19 bits per heavy atom. The Bertz CT molecular complexity index is 964. The molecule has 1 atom stereocenters. The third kappa shape index (κ3) is 4.95. The van der Waals surface area contributed by atoms with E-state index in [2.05, 4.69) is 12.2 Å². The highest BCUT2D eigenvalue weighted by Crippen LogP contribution is 2.24. The monoisotopic (exact) mass is 421 g/mol. The summed E-state index contributed by atoms with van der Waals surface area (Å²) >= 11 is 0. The van der Waals surface area contributed by atoms with Crippen molar-refractivity contribution in [1.82, 2.24) is 5.32 Å². The molecular weight excluding hydrogens is 392 g/mol. The zero-order valence-electron chi connectivity index (χ0n) is 18.0. The van der Waals surface area contributed by atoms with Crippen LogP contribution in [0.3, 0.4) is 0 Å². The van der Waals surface area contributed by atoms with Gasteiger partial charge in [0, 0.05) is 12.1 Å². The van der Waals surface area contributed by atoms with Gasteiger partial charge in [0.2, 0.25) is 24.1 Å². The van der Waals surface area contributed by atoms with Crippen molar-refractivity contribution < 1.29 is 23.6 Å². The van der Waals surface area contributed by atoms with Gasteiger partial charge < -0.3 is 14.8 Å². The van der Waals surface area contributed by atoms with Crippen molar-refractivity contribution in [2.45, 2.75) is 44.8 Å². The summed E-state index contributed by atoms with van der Waals surface area (Å²) in [4.78, 5) is 26.0. The molecular formula is C25H29N2O4+. The van der Waals surface area contributed by atoms with E-state index in [1.165, 1.54) is 4.58 Å². The van der Waals surface area contributed by atoms with Gasteiger partial charge in [-0.05, 0) is 61.4 Å². The number of rotatable bonds is 5. The molecule has 1 heterocycles. The summed E-state index contributed by atoms with van der Waals surface area (Å²) in [5.74, 6) is 1.24. The first-order chi connectivity index (χ1) is 15.0. The summed E-state index contributed by atoms with van der Waals surface area (Å²) in [6, 6.07) is 7.57. The average molecular weight is 422 g/mol. The molecule has 1 aliphatic heterocycles. The van der Waals surface area contributed by atoms with Crippen LogP contribution in [-0.4, -0.2) is 47.9 Å². The van der Waals surface area contributed by atoms with Crippen LogP contribution in [0.4, 0.5) is 0 Å². The molecule has 1 saturated carbocycles. The molecule has 162 valence electrons. The van der Waals surface area contributed by atoms with Crippen molar-refractivity contribution in [3.8, 4) is 5.75 Å². The number of carbonyl (C=O) groups excluding carboxylic acids is 2. The predicted octanol–water partition coefficient (Wildman–Crippen LogP) is 3.24. The van der Waals surface area contributed by atoms with Gasteiger partial charge in [0.15, 0.2) is 0 Å². The molecule has 0 saturated heterocycles. The molecule has 0 bridgehead atoms. The Kier molecular flexibility index (Phi) is 6.35. The van der Waals surface area contributed by atoms with Gasteiger partial charge in [-0.25, -0.2) is 4.79 Å². The van der Waals surface area contributed by atoms with E-state index in [-0.39, 0.29) is 30.2 Å². The van der Waals surface area contributed by atoms with E-state index in [1.807, 2.05) is 48.6 Å². The molecule has 31 heavy (non-hydrogen) atoms. The van der Waals surface area contributed by atoms with E-state index >= 15 is 0 Å². The van der Waals surface area contributed by atoms with Crippen molar-refractivity contribution >= 4 is 23.6 Å². The van der Waals surface area contributed by atoms with Crippen LogP contribution in [0.1, 0.15) is 38.2 Å². The van der Waals surface area contributed by atoms with Gasteiger partial charge in [-0.15, -0.1) is 4.58 Å².